The minimum atomic E-state index is -3.81. The molecule has 0 bridgehead atoms. The lowest BCUT2D eigenvalue weighted by Crippen LogP contribution is -2.30. The van der Waals surface area contributed by atoms with Crippen LogP contribution < -0.4 is 14.3 Å². The molecular weight excluding hydrogens is 579 g/mol. The summed E-state index contributed by atoms with van der Waals surface area (Å²) >= 11 is 1.53. The van der Waals surface area contributed by atoms with Crippen molar-refractivity contribution < 1.29 is 21.6 Å². The lowest BCUT2D eigenvalue weighted by Gasteiger charge is -2.23. The van der Waals surface area contributed by atoms with E-state index in [9.17, 15) is 21.6 Å². The van der Waals surface area contributed by atoms with Gasteiger partial charge in [0.25, 0.3) is 26.0 Å². The third-order valence-electron chi connectivity index (χ3n) is 6.40. The predicted molar refractivity (Wildman–Crippen MR) is 166 cm³/mol. The van der Waals surface area contributed by atoms with Crippen molar-refractivity contribution >= 4 is 54.8 Å². The van der Waals surface area contributed by atoms with Gasteiger partial charge in [0.15, 0.2) is 0 Å². The van der Waals surface area contributed by atoms with E-state index in [1.54, 1.807) is 61.5 Å². The Labute approximate surface area is 245 Å². The second kappa shape index (κ2) is 12.4. The van der Waals surface area contributed by atoms with Gasteiger partial charge in [0.2, 0.25) is 0 Å². The van der Waals surface area contributed by atoms with E-state index in [0.29, 0.717) is 22.6 Å². The number of nitrogens with zero attached hydrogens (tertiary/aromatic N) is 1. The first-order chi connectivity index (χ1) is 19.4. The molecule has 41 heavy (non-hydrogen) atoms. The van der Waals surface area contributed by atoms with Crippen LogP contribution in [0, 0.1) is 13.8 Å². The van der Waals surface area contributed by atoms with Crippen molar-refractivity contribution in [1.29, 1.82) is 0 Å². The number of carbonyl (C=O) groups is 1. The van der Waals surface area contributed by atoms with Crippen molar-refractivity contribution in [2.24, 2.45) is 0 Å². The van der Waals surface area contributed by atoms with E-state index in [1.807, 2.05) is 32.2 Å². The van der Waals surface area contributed by atoms with Crippen LogP contribution in [0.2, 0.25) is 0 Å². The molecule has 0 heterocycles. The topological polar surface area (TPSA) is 113 Å². The molecule has 0 saturated heterocycles. The van der Waals surface area contributed by atoms with Crippen molar-refractivity contribution in [1.82, 2.24) is 0 Å². The second-order valence-electron chi connectivity index (χ2n) is 9.29. The van der Waals surface area contributed by atoms with Crippen LogP contribution in [0.5, 0.6) is 0 Å². The maximum absolute atomic E-state index is 13.2. The molecule has 8 nitrogen and oxygen atoms in total. The summed E-state index contributed by atoms with van der Waals surface area (Å²) in [4.78, 5) is 14.1. The number of carbonyl (C=O) groups excluding carboxylic acids is 1. The van der Waals surface area contributed by atoms with Gasteiger partial charge in [-0.2, -0.15) is 0 Å². The summed E-state index contributed by atoms with van der Waals surface area (Å²) < 4.78 is 56.1. The molecule has 11 heteroatoms. The van der Waals surface area contributed by atoms with Crippen LogP contribution in [0.4, 0.5) is 17.1 Å². The van der Waals surface area contributed by atoms with Crippen LogP contribution in [0.15, 0.2) is 106 Å². The molecule has 0 unspecified atom stereocenters. The summed E-state index contributed by atoms with van der Waals surface area (Å²) in [5.74, 6) is -0.417. The average molecular weight is 610 g/mol. The number of benzene rings is 4. The minimum Gasteiger partial charge on any atom is -0.322 e. The number of rotatable bonds is 10. The van der Waals surface area contributed by atoms with Crippen LogP contribution in [0.25, 0.3) is 0 Å². The van der Waals surface area contributed by atoms with Gasteiger partial charge in [0.05, 0.1) is 21.2 Å². The fourth-order valence-corrected chi connectivity index (χ4v) is 7.21. The smallest absolute Gasteiger partial charge is 0.264 e. The van der Waals surface area contributed by atoms with Crippen molar-refractivity contribution in [2.45, 2.75) is 35.5 Å². The summed E-state index contributed by atoms with van der Waals surface area (Å²) in [5, 5.41) is 2.74. The van der Waals surface area contributed by atoms with Gasteiger partial charge in [-0.15, -0.1) is 11.8 Å². The molecule has 0 fully saturated rings. The van der Waals surface area contributed by atoms with Crippen molar-refractivity contribution in [3.8, 4) is 0 Å². The normalized spacial score (nSPS) is 11.6. The van der Waals surface area contributed by atoms with Gasteiger partial charge in [0.1, 0.15) is 0 Å². The molecule has 4 rings (SSSR count). The van der Waals surface area contributed by atoms with Gasteiger partial charge in [-0.3, -0.25) is 13.8 Å². The Morgan fingerprint density at radius 3 is 1.98 bits per heavy atom. The molecule has 1 amide bonds. The Kier molecular flexibility index (Phi) is 9.11. The molecule has 0 aromatic heterocycles. The first-order valence-electron chi connectivity index (χ1n) is 12.7. The number of aryl methyl sites for hydroxylation is 2. The number of sulfonamides is 2. The molecule has 0 aliphatic rings. The molecule has 4 aromatic rings. The quantitative estimate of drug-likeness (QED) is 0.204. The van der Waals surface area contributed by atoms with Gasteiger partial charge in [-0.25, -0.2) is 16.8 Å². The fourth-order valence-electron chi connectivity index (χ4n) is 4.20. The van der Waals surface area contributed by atoms with E-state index in [0.717, 1.165) is 16.0 Å². The molecular formula is C30H31N3O5S3. The summed E-state index contributed by atoms with van der Waals surface area (Å²) in [6.45, 7) is 5.73. The van der Waals surface area contributed by atoms with Crippen LogP contribution in [-0.2, 0) is 20.0 Å². The summed E-state index contributed by atoms with van der Waals surface area (Å²) in [7, 11) is -7.60. The van der Waals surface area contributed by atoms with Gasteiger partial charge in [0, 0.05) is 22.7 Å². The Bertz CT molecular complexity index is 1750. The van der Waals surface area contributed by atoms with Crippen LogP contribution in [0.1, 0.15) is 28.4 Å². The molecule has 0 aliphatic heterocycles. The zero-order valence-corrected chi connectivity index (χ0v) is 25.5. The third kappa shape index (κ3) is 6.92. The monoisotopic (exact) mass is 609 g/mol. The second-order valence-corrected chi connectivity index (χ2v) is 13.7. The lowest BCUT2D eigenvalue weighted by molar-refractivity contribution is 0.102. The fraction of sp³-hybridized carbons (Fsp3) is 0.167. The maximum Gasteiger partial charge on any atom is 0.264 e. The van der Waals surface area contributed by atoms with E-state index in [2.05, 4.69) is 10.0 Å². The highest BCUT2D eigenvalue weighted by atomic mass is 32.2. The molecule has 214 valence electrons. The van der Waals surface area contributed by atoms with E-state index >= 15 is 0 Å². The lowest BCUT2D eigenvalue weighted by atomic mass is 10.1. The number of anilines is 3. The molecule has 0 aliphatic carbocycles. The molecule has 0 saturated carbocycles. The number of hydrogen-bond acceptors (Lipinski definition) is 6. The Morgan fingerprint density at radius 2 is 1.41 bits per heavy atom. The first kappa shape index (κ1) is 30.2. The van der Waals surface area contributed by atoms with E-state index in [1.165, 1.54) is 40.3 Å². The summed E-state index contributed by atoms with van der Waals surface area (Å²) in [6, 6.07) is 24.3. The Balaban J connectivity index is 1.45. The van der Waals surface area contributed by atoms with Crippen LogP contribution >= 0.6 is 11.8 Å². The molecule has 4 aromatic carbocycles. The molecule has 2 N–H and O–H groups in total. The van der Waals surface area contributed by atoms with Crippen LogP contribution in [0.3, 0.4) is 0 Å². The minimum absolute atomic E-state index is 0.0591. The number of amides is 1. The molecule has 0 spiro atoms. The highest BCUT2D eigenvalue weighted by Gasteiger charge is 2.24. The van der Waals surface area contributed by atoms with Crippen molar-refractivity contribution in [3.05, 3.63) is 108 Å². The highest BCUT2D eigenvalue weighted by Crippen LogP contribution is 2.26. The largest absolute Gasteiger partial charge is 0.322 e. The Morgan fingerprint density at radius 1 is 0.805 bits per heavy atom. The van der Waals surface area contributed by atoms with E-state index in [4.69, 9.17) is 0 Å². The Hall–Kier alpha value is -3.80. The SMILES string of the molecule is CCN(c1ccc(C(=O)Nc2ccc(S(=O)(=O)Nc3ccc(C)cc3C)cc2)cc1)S(=O)(=O)c1ccc(SC)cc1. The first-order valence-corrected chi connectivity index (χ1v) is 16.9. The zero-order valence-electron chi connectivity index (χ0n) is 23.1. The van der Waals surface area contributed by atoms with Crippen molar-refractivity contribution in [3.63, 3.8) is 0 Å². The number of nitrogens with one attached hydrogen (secondary N) is 2. The molecule has 0 radical (unpaired) electrons. The zero-order chi connectivity index (χ0) is 29.8. The van der Waals surface area contributed by atoms with Gasteiger partial charge in [-0.1, -0.05) is 17.7 Å². The summed E-state index contributed by atoms with van der Waals surface area (Å²) in [6.07, 6.45) is 1.92. The maximum atomic E-state index is 13.2. The van der Waals surface area contributed by atoms with Gasteiger partial charge >= 0.3 is 0 Å². The standard InChI is InChI=1S/C30H31N3O5S3/c1-5-33(41(37,38)28-17-13-26(39-4)14-18-28)25-11-7-23(8-12-25)30(34)31-24-9-15-27(16-10-24)40(35,36)32-29-19-6-21(2)20-22(29)3/h6-20,32H,5H2,1-4H3,(H,31,34). The average Bonchev–Trinajstić information content (AvgIpc) is 2.95. The van der Waals surface area contributed by atoms with E-state index in [-0.39, 0.29) is 16.3 Å². The number of hydrogen-bond donors (Lipinski definition) is 2. The van der Waals surface area contributed by atoms with Gasteiger partial charge < -0.3 is 5.32 Å². The third-order valence-corrected chi connectivity index (χ3v) is 10.4. The van der Waals surface area contributed by atoms with Crippen LogP contribution in [-0.4, -0.2) is 35.5 Å². The van der Waals surface area contributed by atoms with Crippen molar-refractivity contribution in [2.75, 3.05) is 27.1 Å². The number of thioether (sulfide) groups is 1. The van der Waals surface area contributed by atoms with Gasteiger partial charge in [-0.05, 0) is 111 Å². The highest BCUT2D eigenvalue weighted by molar-refractivity contribution is 7.98. The van der Waals surface area contributed by atoms with E-state index < -0.39 is 26.0 Å². The predicted octanol–water partition coefficient (Wildman–Crippen LogP) is 6.29. The molecule has 0 atom stereocenters. The summed E-state index contributed by atoms with van der Waals surface area (Å²) in [5.41, 5.74) is 3.51.